The van der Waals surface area contributed by atoms with Crippen molar-refractivity contribution in [2.45, 2.75) is 53.5 Å². The highest BCUT2D eigenvalue weighted by Crippen LogP contribution is 2.39. The first-order valence-electron chi connectivity index (χ1n) is 9.10. The quantitative estimate of drug-likeness (QED) is 0.686. The lowest BCUT2D eigenvalue weighted by atomic mass is 10.0. The molecule has 0 radical (unpaired) electrons. The summed E-state index contributed by atoms with van der Waals surface area (Å²) < 4.78 is 2.19. The molecule has 0 N–H and O–H groups in total. The zero-order chi connectivity index (χ0) is 18.4. The SMILES string of the molecule is CCc1ccc(C2=N[C@H](CC)c3nnc(C)n3-c3sc(C)c(C)c32)cn1. The average molecular weight is 366 g/mol. The molecule has 0 aromatic carbocycles. The number of hydrogen-bond donors (Lipinski definition) is 0. The van der Waals surface area contributed by atoms with Crippen molar-refractivity contribution < 1.29 is 0 Å². The summed E-state index contributed by atoms with van der Waals surface area (Å²) in [6, 6.07) is 4.24. The number of fused-ring (bicyclic) bond motifs is 3. The van der Waals surface area contributed by atoms with E-state index in [1.807, 2.05) is 13.1 Å². The maximum Gasteiger partial charge on any atom is 0.163 e. The van der Waals surface area contributed by atoms with E-state index in [1.54, 1.807) is 11.3 Å². The lowest BCUT2D eigenvalue weighted by Gasteiger charge is -2.10. The van der Waals surface area contributed by atoms with E-state index >= 15 is 0 Å². The molecule has 0 unspecified atom stereocenters. The van der Waals surface area contributed by atoms with Crippen LogP contribution in [0.1, 0.15) is 65.2 Å². The van der Waals surface area contributed by atoms with Crippen LogP contribution in [-0.4, -0.2) is 25.5 Å². The average Bonchev–Trinajstić information content (AvgIpc) is 3.12. The zero-order valence-electron chi connectivity index (χ0n) is 15.9. The molecule has 134 valence electrons. The summed E-state index contributed by atoms with van der Waals surface area (Å²) in [7, 11) is 0. The molecule has 6 heteroatoms. The zero-order valence-corrected chi connectivity index (χ0v) is 16.7. The summed E-state index contributed by atoms with van der Waals surface area (Å²) in [6.45, 7) is 10.6. The van der Waals surface area contributed by atoms with E-state index in [-0.39, 0.29) is 6.04 Å². The molecule has 4 rings (SSSR count). The van der Waals surface area contributed by atoms with E-state index in [9.17, 15) is 0 Å². The minimum absolute atomic E-state index is 0.00337. The van der Waals surface area contributed by atoms with Gasteiger partial charge >= 0.3 is 0 Å². The molecule has 0 saturated heterocycles. The summed E-state index contributed by atoms with van der Waals surface area (Å²) in [4.78, 5) is 11.1. The van der Waals surface area contributed by atoms with Gasteiger partial charge in [-0.15, -0.1) is 21.5 Å². The first kappa shape index (κ1) is 17.1. The van der Waals surface area contributed by atoms with Crippen LogP contribution in [0.3, 0.4) is 0 Å². The lowest BCUT2D eigenvalue weighted by Crippen LogP contribution is -2.08. The number of aliphatic imine (C=N–C) groups is 1. The van der Waals surface area contributed by atoms with E-state index in [0.717, 1.165) is 41.5 Å². The highest BCUT2D eigenvalue weighted by atomic mass is 32.1. The molecule has 0 saturated carbocycles. The number of rotatable bonds is 3. The second kappa shape index (κ2) is 6.43. The summed E-state index contributed by atoms with van der Waals surface area (Å²) in [5.41, 5.74) is 5.66. The Kier molecular flexibility index (Phi) is 4.23. The molecule has 1 atom stereocenters. The Balaban J connectivity index is 2.01. The molecule has 0 amide bonds. The van der Waals surface area contributed by atoms with Crippen LogP contribution in [0.2, 0.25) is 0 Å². The molecule has 26 heavy (non-hydrogen) atoms. The summed E-state index contributed by atoms with van der Waals surface area (Å²) in [5, 5.41) is 9.97. The van der Waals surface area contributed by atoms with Crippen molar-refractivity contribution in [1.29, 1.82) is 0 Å². The van der Waals surface area contributed by atoms with Crippen LogP contribution in [0.5, 0.6) is 0 Å². The van der Waals surface area contributed by atoms with Gasteiger partial charge in [-0.05, 0) is 51.3 Å². The topological polar surface area (TPSA) is 56.0 Å². The van der Waals surface area contributed by atoms with Gasteiger partial charge in [-0.1, -0.05) is 13.8 Å². The normalized spacial score (nSPS) is 16.0. The maximum absolute atomic E-state index is 5.15. The Morgan fingerprint density at radius 2 is 1.92 bits per heavy atom. The van der Waals surface area contributed by atoms with Crippen molar-refractivity contribution in [3.8, 4) is 5.00 Å². The summed E-state index contributed by atoms with van der Waals surface area (Å²) in [6.07, 6.45) is 3.78. The fourth-order valence-corrected chi connectivity index (χ4v) is 4.65. The second-order valence-electron chi connectivity index (χ2n) is 6.70. The summed E-state index contributed by atoms with van der Waals surface area (Å²) in [5.74, 6) is 1.84. The molecule has 3 aromatic rings. The number of aromatic nitrogens is 4. The predicted molar refractivity (Wildman–Crippen MR) is 106 cm³/mol. The van der Waals surface area contributed by atoms with Crippen molar-refractivity contribution in [2.75, 3.05) is 0 Å². The smallest absolute Gasteiger partial charge is 0.163 e. The number of thiophene rings is 1. The van der Waals surface area contributed by atoms with Gasteiger partial charge in [0.1, 0.15) is 16.9 Å². The van der Waals surface area contributed by atoms with Gasteiger partial charge in [0.15, 0.2) is 5.82 Å². The van der Waals surface area contributed by atoms with E-state index < -0.39 is 0 Å². The minimum Gasteiger partial charge on any atom is -0.272 e. The molecule has 0 fully saturated rings. The van der Waals surface area contributed by atoms with Crippen LogP contribution in [0.4, 0.5) is 0 Å². The highest BCUT2D eigenvalue weighted by molar-refractivity contribution is 7.15. The van der Waals surface area contributed by atoms with Gasteiger partial charge in [0.25, 0.3) is 0 Å². The largest absolute Gasteiger partial charge is 0.272 e. The molecule has 1 aliphatic heterocycles. The third-order valence-corrected chi connectivity index (χ3v) is 6.28. The van der Waals surface area contributed by atoms with Crippen LogP contribution < -0.4 is 0 Å². The number of pyridine rings is 1. The Bertz CT molecular complexity index is 994. The van der Waals surface area contributed by atoms with Gasteiger partial charge in [-0.25, -0.2) is 0 Å². The van der Waals surface area contributed by atoms with Crippen molar-refractivity contribution >= 4 is 17.0 Å². The Labute approximate surface area is 157 Å². The van der Waals surface area contributed by atoms with Crippen molar-refractivity contribution in [2.24, 2.45) is 4.99 Å². The number of aryl methyl sites for hydroxylation is 3. The monoisotopic (exact) mass is 365 g/mol. The van der Waals surface area contributed by atoms with Gasteiger partial charge in [-0.3, -0.25) is 14.5 Å². The molecule has 5 nitrogen and oxygen atoms in total. The van der Waals surface area contributed by atoms with E-state index in [4.69, 9.17) is 4.99 Å². The van der Waals surface area contributed by atoms with Gasteiger partial charge in [-0.2, -0.15) is 0 Å². The van der Waals surface area contributed by atoms with Crippen LogP contribution in [0.15, 0.2) is 23.3 Å². The minimum atomic E-state index is -0.00337. The number of hydrogen-bond acceptors (Lipinski definition) is 5. The van der Waals surface area contributed by atoms with Crippen LogP contribution in [0.25, 0.3) is 5.00 Å². The third kappa shape index (κ3) is 2.51. The molecule has 0 aliphatic carbocycles. The van der Waals surface area contributed by atoms with Gasteiger partial charge in [0, 0.05) is 27.9 Å². The Morgan fingerprint density at radius 1 is 1.12 bits per heavy atom. The van der Waals surface area contributed by atoms with Crippen LogP contribution in [-0.2, 0) is 6.42 Å². The third-order valence-electron chi connectivity index (χ3n) is 5.09. The van der Waals surface area contributed by atoms with Gasteiger partial charge in [0.05, 0.1) is 5.71 Å². The lowest BCUT2D eigenvalue weighted by molar-refractivity contribution is 0.640. The molecule has 4 heterocycles. The van der Waals surface area contributed by atoms with E-state index in [0.29, 0.717) is 0 Å². The Morgan fingerprint density at radius 3 is 2.58 bits per heavy atom. The standard InChI is InChI=1S/C20H23N5S/c1-6-15-9-8-14(10-21-15)18-17-11(3)12(4)26-20(17)25-13(5)23-24-19(25)16(7-2)22-18/h8-10,16H,6-7H2,1-5H3/t16-/m1/s1. The van der Waals surface area contributed by atoms with Crippen molar-refractivity contribution in [3.63, 3.8) is 0 Å². The Hall–Kier alpha value is -2.34. The molecule has 3 aromatic heterocycles. The fourth-order valence-electron chi connectivity index (χ4n) is 3.44. The van der Waals surface area contributed by atoms with E-state index in [2.05, 4.69) is 59.6 Å². The molecular formula is C20H23N5S. The number of nitrogens with zero attached hydrogens (tertiary/aromatic N) is 5. The molecular weight excluding hydrogens is 342 g/mol. The van der Waals surface area contributed by atoms with Crippen LogP contribution >= 0.6 is 11.3 Å². The first-order chi connectivity index (χ1) is 12.5. The maximum atomic E-state index is 5.15. The van der Waals surface area contributed by atoms with Gasteiger partial charge in [0.2, 0.25) is 0 Å². The molecule has 1 aliphatic rings. The molecule has 0 bridgehead atoms. The van der Waals surface area contributed by atoms with Crippen molar-refractivity contribution in [1.82, 2.24) is 19.7 Å². The highest BCUT2D eigenvalue weighted by Gasteiger charge is 2.30. The summed E-state index contributed by atoms with van der Waals surface area (Å²) >= 11 is 1.79. The molecule has 0 spiro atoms. The van der Waals surface area contributed by atoms with Crippen LogP contribution in [0, 0.1) is 20.8 Å². The van der Waals surface area contributed by atoms with Gasteiger partial charge < -0.3 is 0 Å². The fraction of sp³-hybridized carbons (Fsp3) is 0.400. The van der Waals surface area contributed by atoms with E-state index in [1.165, 1.54) is 21.0 Å². The second-order valence-corrected chi connectivity index (χ2v) is 7.90. The first-order valence-corrected chi connectivity index (χ1v) is 9.92. The predicted octanol–water partition coefficient (Wildman–Crippen LogP) is 4.51. The van der Waals surface area contributed by atoms with Crippen molar-refractivity contribution in [3.05, 3.63) is 57.2 Å².